The Bertz CT molecular complexity index is 660. The van der Waals surface area contributed by atoms with Gasteiger partial charge in [0.15, 0.2) is 0 Å². The van der Waals surface area contributed by atoms with E-state index in [-0.39, 0.29) is 17.4 Å². The van der Waals surface area contributed by atoms with Crippen LogP contribution in [0.1, 0.15) is 12.6 Å². The molecule has 2 rings (SSSR count). The number of anilines is 1. The number of aromatic hydroxyl groups is 1. The highest BCUT2D eigenvalue weighted by atomic mass is 16.6. The Morgan fingerprint density at radius 3 is 2.75 bits per heavy atom. The number of nitrogens with two attached hydrogens (primary N) is 1. The summed E-state index contributed by atoms with van der Waals surface area (Å²) >= 11 is 0. The van der Waals surface area contributed by atoms with E-state index in [1.165, 1.54) is 18.3 Å². The summed E-state index contributed by atoms with van der Waals surface area (Å²) in [5.74, 6) is 5.33. The molecule has 0 aliphatic heterocycles. The van der Waals surface area contributed by atoms with Gasteiger partial charge in [0, 0.05) is 23.4 Å². The van der Waals surface area contributed by atoms with Crippen molar-refractivity contribution < 1.29 is 10.0 Å². The zero-order valence-corrected chi connectivity index (χ0v) is 10.7. The molecular weight excluding hydrogens is 262 g/mol. The van der Waals surface area contributed by atoms with E-state index in [9.17, 15) is 15.2 Å². The second-order valence-electron chi connectivity index (χ2n) is 4.01. The molecule has 4 N–H and O–H groups in total. The van der Waals surface area contributed by atoms with E-state index >= 15 is 0 Å². The quantitative estimate of drug-likeness (QED) is 0.439. The highest BCUT2D eigenvalue weighted by molar-refractivity contribution is 5.73. The first-order valence-electron chi connectivity index (χ1n) is 5.87. The standard InChI is InChI=1S/C12H13N5O3/c1-2-10-9(6-14-12(15-10)16-13)8-4-3-7(17(19)20)5-11(8)18/h3-6,18H,2,13H2,1H3,(H,14,15,16). The van der Waals surface area contributed by atoms with Crippen molar-refractivity contribution in [2.45, 2.75) is 13.3 Å². The number of benzene rings is 1. The van der Waals surface area contributed by atoms with Crippen LogP contribution in [0.15, 0.2) is 24.4 Å². The Labute approximate surface area is 114 Å². The molecule has 1 heterocycles. The van der Waals surface area contributed by atoms with E-state index in [1.54, 1.807) is 0 Å². The predicted molar refractivity (Wildman–Crippen MR) is 73.0 cm³/mol. The van der Waals surface area contributed by atoms with Crippen LogP contribution in [0, 0.1) is 10.1 Å². The van der Waals surface area contributed by atoms with Gasteiger partial charge >= 0.3 is 0 Å². The van der Waals surface area contributed by atoms with Crippen molar-refractivity contribution in [1.29, 1.82) is 0 Å². The number of aromatic nitrogens is 2. The molecule has 8 heteroatoms. The van der Waals surface area contributed by atoms with Crippen molar-refractivity contribution >= 4 is 11.6 Å². The number of nitrogens with one attached hydrogen (secondary N) is 1. The second-order valence-corrected chi connectivity index (χ2v) is 4.01. The minimum absolute atomic E-state index is 0.175. The molecule has 0 bridgehead atoms. The van der Waals surface area contributed by atoms with Crippen LogP contribution in [0.3, 0.4) is 0 Å². The Kier molecular flexibility index (Phi) is 3.76. The smallest absolute Gasteiger partial charge is 0.273 e. The third kappa shape index (κ3) is 2.50. The lowest BCUT2D eigenvalue weighted by atomic mass is 10.0. The number of hydrazine groups is 1. The summed E-state index contributed by atoms with van der Waals surface area (Å²) in [7, 11) is 0. The number of nitrogens with zero attached hydrogens (tertiary/aromatic N) is 3. The van der Waals surface area contributed by atoms with E-state index in [4.69, 9.17) is 5.84 Å². The summed E-state index contributed by atoms with van der Waals surface area (Å²) in [5, 5.41) is 20.6. The van der Waals surface area contributed by atoms with E-state index in [2.05, 4.69) is 15.4 Å². The lowest BCUT2D eigenvalue weighted by Crippen LogP contribution is -2.11. The van der Waals surface area contributed by atoms with Crippen molar-refractivity contribution in [3.63, 3.8) is 0 Å². The van der Waals surface area contributed by atoms with Crippen molar-refractivity contribution in [2.24, 2.45) is 5.84 Å². The SMILES string of the molecule is CCc1nc(NN)ncc1-c1ccc([N+](=O)[O-])cc1O. The Hall–Kier alpha value is -2.74. The molecule has 0 aliphatic rings. The molecule has 1 aromatic heterocycles. The van der Waals surface area contributed by atoms with Gasteiger partial charge in [-0.05, 0) is 12.5 Å². The number of hydrogen-bond acceptors (Lipinski definition) is 7. The third-order valence-corrected chi connectivity index (χ3v) is 2.81. The van der Waals surface area contributed by atoms with Gasteiger partial charge in [0.1, 0.15) is 5.75 Å². The Balaban J connectivity index is 2.53. The van der Waals surface area contributed by atoms with Gasteiger partial charge in [-0.3, -0.25) is 15.5 Å². The minimum Gasteiger partial charge on any atom is -0.507 e. The summed E-state index contributed by atoms with van der Waals surface area (Å²) in [6, 6.07) is 3.90. The molecule has 20 heavy (non-hydrogen) atoms. The maximum absolute atomic E-state index is 10.7. The maximum Gasteiger partial charge on any atom is 0.273 e. The first kappa shape index (κ1) is 13.7. The van der Waals surface area contributed by atoms with Crippen molar-refractivity contribution in [3.8, 4) is 16.9 Å². The normalized spacial score (nSPS) is 10.3. The average molecular weight is 275 g/mol. The summed E-state index contributed by atoms with van der Waals surface area (Å²) in [6.45, 7) is 1.90. The molecule has 104 valence electrons. The van der Waals surface area contributed by atoms with Crippen LogP contribution in [-0.2, 0) is 6.42 Å². The van der Waals surface area contributed by atoms with Gasteiger partial charge in [0.25, 0.3) is 5.69 Å². The van der Waals surface area contributed by atoms with Crippen LogP contribution in [0.2, 0.25) is 0 Å². The van der Waals surface area contributed by atoms with Crippen molar-refractivity contribution in [2.75, 3.05) is 5.43 Å². The largest absolute Gasteiger partial charge is 0.507 e. The average Bonchev–Trinajstić information content (AvgIpc) is 2.46. The van der Waals surface area contributed by atoms with Gasteiger partial charge in [-0.15, -0.1) is 0 Å². The highest BCUT2D eigenvalue weighted by Gasteiger charge is 2.15. The molecule has 1 aromatic carbocycles. The van der Waals surface area contributed by atoms with Gasteiger partial charge < -0.3 is 5.11 Å². The molecule has 0 fully saturated rings. The van der Waals surface area contributed by atoms with Crippen LogP contribution >= 0.6 is 0 Å². The molecule has 8 nitrogen and oxygen atoms in total. The van der Waals surface area contributed by atoms with Crippen LogP contribution in [0.4, 0.5) is 11.6 Å². The fraction of sp³-hybridized carbons (Fsp3) is 0.167. The van der Waals surface area contributed by atoms with Crippen molar-refractivity contribution in [1.82, 2.24) is 9.97 Å². The minimum atomic E-state index is -0.567. The van der Waals surface area contributed by atoms with Crippen LogP contribution in [0.5, 0.6) is 5.75 Å². The lowest BCUT2D eigenvalue weighted by molar-refractivity contribution is -0.384. The Morgan fingerprint density at radius 2 is 2.20 bits per heavy atom. The maximum atomic E-state index is 10.7. The van der Waals surface area contributed by atoms with Gasteiger partial charge in [-0.1, -0.05) is 6.92 Å². The highest BCUT2D eigenvalue weighted by Crippen LogP contribution is 2.33. The number of hydrogen-bond donors (Lipinski definition) is 3. The fourth-order valence-corrected chi connectivity index (χ4v) is 1.84. The van der Waals surface area contributed by atoms with E-state index in [0.717, 1.165) is 6.07 Å². The second kappa shape index (κ2) is 5.49. The predicted octanol–water partition coefficient (Wildman–Crippen LogP) is 1.61. The van der Waals surface area contributed by atoms with Gasteiger partial charge in [-0.2, -0.15) is 0 Å². The Morgan fingerprint density at radius 1 is 1.45 bits per heavy atom. The topological polar surface area (TPSA) is 127 Å². The van der Waals surface area contributed by atoms with Crippen LogP contribution < -0.4 is 11.3 Å². The van der Waals surface area contributed by atoms with E-state index < -0.39 is 4.92 Å². The third-order valence-electron chi connectivity index (χ3n) is 2.81. The number of aryl methyl sites for hydroxylation is 1. The van der Waals surface area contributed by atoms with Crippen molar-refractivity contribution in [3.05, 3.63) is 40.2 Å². The zero-order chi connectivity index (χ0) is 14.7. The monoisotopic (exact) mass is 275 g/mol. The van der Waals surface area contributed by atoms with Gasteiger partial charge in [0.05, 0.1) is 16.7 Å². The number of non-ortho nitro benzene ring substituents is 1. The molecule has 0 unspecified atom stereocenters. The number of nitrogen functional groups attached to an aromatic ring is 1. The summed E-state index contributed by atoms with van der Waals surface area (Å²) in [4.78, 5) is 18.3. The molecule has 0 radical (unpaired) electrons. The van der Waals surface area contributed by atoms with Gasteiger partial charge in [0.2, 0.25) is 5.95 Å². The number of nitro groups is 1. The van der Waals surface area contributed by atoms with Gasteiger partial charge in [-0.25, -0.2) is 15.8 Å². The number of phenolic OH excluding ortho intramolecular Hbond substituents is 1. The molecule has 0 saturated heterocycles. The fourth-order valence-electron chi connectivity index (χ4n) is 1.84. The molecule has 0 atom stereocenters. The molecule has 2 aromatic rings. The summed E-state index contributed by atoms with van der Waals surface area (Å²) < 4.78 is 0. The number of rotatable bonds is 4. The molecule has 0 amide bonds. The lowest BCUT2D eigenvalue weighted by Gasteiger charge is -2.10. The van der Waals surface area contributed by atoms with E-state index in [0.29, 0.717) is 23.2 Å². The number of phenols is 1. The first-order chi connectivity index (χ1) is 9.56. The molecule has 0 aliphatic carbocycles. The van der Waals surface area contributed by atoms with E-state index in [1.807, 2.05) is 6.92 Å². The zero-order valence-electron chi connectivity index (χ0n) is 10.7. The molecule has 0 spiro atoms. The summed E-state index contributed by atoms with van der Waals surface area (Å²) in [6.07, 6.45) is 2.12. The summed E-state index contributed by atoms with van der Waals surface area (Å²) in [5.41, 5.74) is 3.90. The van der Waals surface area contributed by atoms with Crippen LogP contribution in [-0.4, -0.2) is 20.0 Å². The first-order valence-corrected chi connectivity index (χ1v) is 5.87. The van der Waals surface area contributed by atoms with Crippen LogP contribution in [0.25, 0.3) is 11.1 Å². The molecular formula is C12H13N5O3. The number of nitro benzene ring substituents is 1. The molecule has 0 saturated carbocycles.